The third kappa shape index (κ3) is 0.862. The molecular weight excluding hydrogens is 146 g/mol. The smallest absolute Gasteiger partial charge is 0.309 e. The van der Waals surface area contributed by atoms with E-state index in [4.69, 9.17) is 9.84 Å². The summed E-state index contributed by atoms with van der Waals surface area (Å²) in [7, 11) is 0. The summed E-state index contributed by atoms with van der Waals surface area (Å²) in [5.41, 5.74) is -0.355. The second-order valence-corrected chi connectivity index (χ2v) is 3.20. The molecule has 1 spiro atoms. The summed E-state index contributed by atoms with van der Waals surface area (Å²) in [4.78, 5) is 10.7. The Morgan fingerprint density at radius 2 is 2.36 bits per heavy atom. The number of hydrogen-bond donors (Lipinski definition) is 2. The molecule has 0 aromatic heterocycles. The van der Waals surface area contributed by atoms with Crippen LogP contribution in [0.3, 0.4) is 0 Å². The van der Waals surface area contributed by atoms with E-state index in [9.17, 15) is 4.79 Å². The molecule has 2 fully saturated rings. The van der Waals surface area contributed by atoms with Crippen LogP contribution in [0.25, 0.3) is 0 Å². The molecule has 1 atom stereocenters. The molecule has 0 aliphatic carbocycles. The van der Waals surface area contributed by atoms with Crippen LogP contribution >= 0.6 is 0 Å². The lowest BCUT2D eigenvalue weighted by Gasteiger charge is -2.41. The van der Waals surface area contributed by atoms with Crippen LogP contribution in [0.4, 0.5) is 0 Å². The molecule has 62 valence electrons. The number of hydrogen-bond acceptors (Lipinski definition) is 3. The van der Waals surface area contributed by atoms with E-state index in [1.807, 2.05) is 0 Å². The first-order chi connectivity index (χ1) is 5.25. The summed E-state index contributed by atoms with van der Waals surface area (Å²) in [5, 5.41) is 11.8. The number of ether oxygens (including phenoxy) is 1. The molecule has 2 saturated heterocycles. The maximum atomic E-state index is 10.7. The second-order valence-electron chi connectivity index (χ2n) is 3.20. The van der Waals surface area contributed by atoms with E-state index in [2.05, 4.69) is 5.32 Å². The van der Waals surface area contributed by atoms with Crippen molar-refractivity contribution >= 4 is 5.97 Å². The molecule has 0 amide bonds. The molecule has 0 aromatic carbocycles. The third-order valence-electron chi connectivity index (χ3n) is 2.58. The number of carboxylic acids is 1. The number of rotatable bonds is 1. The quantitative estimate of drug-likeness (QED) is 0.536. The van der Waals surface area contributed by atoms with Crippen molar-refractivity contribution in [3.05, 3.63) is 0 Å². The molecule has 2 N–H and O–H groups in total. The van der Waals surface area contributed by atoms with Crippen LogP contribution in [0.2, 0.25) is 0 Å². The Morgan fingerprint density at radius 3 is 2.73 bits per heavy atom. The van der Waals surface area contributed by atoms with Gasteiger partial charge in [0.15, 0.2) is 0 Å². The third-order valence-corrected chi connectivity index (χ3v) is 2.58. The Balaban J connectivity index is 2.13. The molecule has 2 aliphatic heterocycles. The molecule has 0 bridgehead atoms. The number of nitrogens with one attached hydrogen (secondary N) is 1. The van der Waals surface area contributed by atoms with Gasteiger partial charge in [-0.1, -0.05) is 0 Å². The van der Waals surface area contributed by atoms with E-state index in [0.717, 1.165) is 0 Å². The van der Waals surface area contributed by atoms with Crippen LogP contribution < -0.4 is 5.32 Å². The minimum Gasteiger partial charge on any atom is -0.481 e. The molecule has 0 unspecified atom stereocenters. The van der Waals surface area contributed by atoms with Gasteiger partial charge in [0.1, 0.15) is 5.60 Å². The Bertz CT molecular complexity index is 188. The first-order valence-electron chi connectivity index (χ1n) is 3.82. The Labute approximate surface area is 64.5 Å². The molecule has 0 saturated carbocycles. The number of aliphatic carboxylic acids is 1. The summed E-state index contributed by atoms with van der Waals surface area (Å²) in [6.07, 6.45) is 0.664. The molecule has 2 rings (SSSR count). The highest BCUT2D eigenvalue weighted by Gasteiger charge is 2.52. The molecular formula is C7H11NO3. The fourth-order valence-corrected chi connectivity index (χ4v) is 1.81. The fourth-order valence-electron chi connectivity index (χ4n) is 1.81. The Hall–Kier alpha value is -0.610. The minimum absolute atomic E-state index is 0.288. The maximum Gasteiger partial charge on any atom is 0.309 e. The zero-order chi connectivity index (χ0) is 7.90. The van der Waals surface area contributed by atoms with E-state index in [1.165, 1.54) is 0 Å². The van der Waals surface area contributed by atoms with E-state index in [0.29, 0.717) is 26.1 Å². The summed E-state index contributed by atoms with van der Waals surface area (Å²) in [6, 6.07) is 0. The topological polar surface area (TPSA) is 58.6 Å². The van der Waals surface area contributed by atoms with Crippen molar-refractivity contribution in [3.63, 3.8) is 0 Å². The van der Waals surface area contributed by atoms with Crippen molar-refractivity contribution in [1.29, 1.82) is 0 Å². The lowest BCUT2D eigenvalue weighted by molar-refractivity contribution is -0.151. The molecule has 11 heavy (non-hydrogen) atoms. The Kier molecular flexibility index (Phi) is 1.40. The predicted octanol–water partition coefficient (Wildman–Crippen LogP) is -0.550. The van der Waals surface area contributed by atoms with Crippen molar-refractivity contribution in [2.45, 2.75) is 12.0 Å². The standard InChI is InChI=1S/C7H11NO3/c9-6(10)5-1-2-11-7(5)3-8-4-7/h5,8H,1-4H2,(H,9,10)/t5-/m1/s1. The predicted molar refractivity (Wildman–Crippen MR) is 37.3 cm³/mol. The van der Waals surface area contributed by atoms with Gasteiger partial charge < -0.3 is 15.2 Å². The van der Waals surface area contributed by atoms with Crippen LogP contribution in [-0.2, 0) is 9.53 Å². The second kappa shape index (κ2) is 2.19. The normalized spacial score (nSPS) is 33.6. The first-order valence-corrected chi connectivity index (χ1v) is 3.82. The molecule has 0 radical (unpaired) electrons. The maximum absolute atomic E-state index is 10.7. The van der Waals surface area contributed by atoms with Crippen molar-refractivity contribution in [2.75, 3.05) is 19.7 Å². The summed E-state index contributed by atoms with van der Waals surface area (Å²) in [6.45, 7) is 1.99. The summed E-state index contributed by atoms with van der Waals surface area (Å²) >= 11 is 0. The highest BCUT2D eigenvalue weighted by Crippen LogP contribution is 2.35. The minimum atomic E-state index is -0.719. The van der Waals surface area contributed by atoms with Crippen molar-refractivity contribution in [1.82, 2.24) is 5.32 Å². The van der Waals surface area contributed by atoms with E-state index in [-0.39, 0.29) is 11.5 Å². The highest BCUT2D eigenvalue weighted by molar-refractivity contribution is 5.72. The average Bonchev–Trinajstić information content (AvgIpc) is 2.27. The lowest BCUT2D eigenvalue weighted by Crippen LogP contribution is -2.64. The van der Waals surface area contributed by atoms with Crippen LogP contribution in [0, 0.1) is 5.92 Å². The summed E-state index contributed by atoms with van der Waals surface area (Å²) < 4.78 is 5.41. The monoisotopic (exact) mass is 157 g/mol. The molecule has 2 aliphatic rings. The van der Waals surface area contributed by atoms with Crippen LogP contribution in [-0.4, -0.2) is 36.4 Å². The molecule has 4 nitrogen and oxygen atoms in total. The van der Waals surface area contributed by atoms with E-state index < -0.39 is 5.97 Å². The lowest BCUT2D eigenvalue weighted by atomic mass is 9.82. The zero-order valence-corrected chi connectivity index (χ0v) is 6.17. The van der Waals surface area contributed by atoms with Gasteiger partial charge in [0.05, 0.1) is 5.92 Å². The van der Waals surface area contributed by atoms with Gasteiger partial charge in [-0.25, -0.2) is 0 Å². The highest BCUT2D eigenvalue weighted by atomic mass is 16.5. The average molecular weight is 157 g/mol. The van der Waals surface area contributed by atoms with Gasteiger partial charge in [0.2, 0.25) is 0 Å². The van der Waals surface area contributed by atoms with Gasteiger partial charge in [-0.3, -0.25) is 4.79 Å². The van der Waals surface area contributed by atoms with Crippen molar-refractivity contribution in [2.24, 2.45) is 5.92 Å². The van der Waals surface area contributed by atoms with Gasteiger partial charge in [-0.2, -0.15) is 0 Å². The van der Waals surface area contributed by atoms with E-state index >= 15 is 0 Å². The van der Waals surface area contributed by atoms with E-state index in [1.54, 1.807) is 0 Å². The van der Waals surface area contributed by atoms with Crippen LogP contribution in [0.15, 0.2) is 0 Å². The van der Waals surface area contributed by atoms with Gasteiger partial charge in [0, 0.05) is 19.7 Å². The van der Waals surface area contributed by atoms with Crippen LogP contribution in [0.1, 0.15) is 6.42 Å². The Morgan fingerprint density at radius 1 is 1.64 bits per heavy atom. The summed E-state index contributed by atoms with van der Waals surface area (Å²) in [5.74, 6) is -1.01. The molecule has 0 aromatic rings. The van der Waals surface area contributed by atoms with Crippen molar-refractivity contribution in [3.8, 4) is 0 Å². The van der Waals surface area contributed by atoms with Crippen LogP contribution in [0.5, 0.6) is 0 Å². The van der Waals surface area contributed by atoms with Gasteiger partial charge in [0.25, 0.3) is 0 Å². The van der Waals surface area contributed by atoms with Gasteiger partial charge in [-0.05, 0) is 6.42 Å². The SMILES string of the molecule is O=C(O)[C@H]1CCOC12CNC2. The fraction of sp³-hybridized carbons (Fsp3) is 0.857. The molecule has 2 heterocycles. The number of carbonyl (C=O) groups is 1. The van der Waals surface area contributed by atoms with Crippen molar-refractivity contribution < 1.29 is 14.6 Å². The molecule has 4 heteroatoms. The first kappa shape index (κ1) is 7.06. The van der Waals surface area contributed by atoms with Gasteiger partial charge in [-0.15, -0.1) is 0 Å². The zero-order valence-electron chi connectivity index (χ0n) is 6.17. The van der Waals surface area contributed by atoms with Gasteiger partial charge >= 0.3 is 5.97 Å². The number of carboxylic acid groups (broad SMARTS) is 1. The largest absolute Gasteiger partial charge is 0.481 e.